The second-order valence-electron chi connectivity index (χ2n) is 6.04. The topological polar surface area (TPSA) is 94.0 Å². The van der Waals surface area contributed by atoms with Crippen LogP contribution in [0.15, 0.2) is 66.4 Å². The van der Waals surface area contributed by atoms with E-state index in [9.17, 15) is 4.79 Å². The predicted octanol–water partition coefficient (Wildman–Crippen LogP) is 2.61. The van der Waals surface area contributed by atoms with Crippen molar-refractivity contribution in [1.29, 1.82) is 0 Å². The summed E-state index contributed by atoms with van der Waals surface area (Å²) in [4.78, 5) is 21.6. The van der Waals surface area contributed by atoms with Crippen LogP contribution in [0.2, 0.25) is 0 Å². The number of hydrogen-bond donors (Lipinski definition) is 2. The van der Waals surface area contributed by atoms with Gasteiger partial charge in [-0.1, -0.05) is 18.2 Å². The normalized spacial score (nSPS) is 15.7. The Kier molecular flexibility index (Phi) is 4.29. The third-order valence-electron chi connectivity index (χ3n) is 4.39. The number of para-hydroxylation sites is 2. The van der Waals surface area contributed by atoms with Gasteiger partial charge in [0.1, 0.15) is 18.1 Å². The lowest BCUT2D eigenvalue weighted by molar-refractivity contribution is -0.113. The van der Waals surface area contributed by atoms with Crippen molar-refractivity contribution in [3.05, 3.63) is 72.0 Å². The van der Waals surface area contributed by atoms with E-state index < -0.39 is 6.04 Å². The van der Waals surface area contributed by atoms with Crippen molar-refractivity contribution < 1.29 is 9.53 Å². The highest BCUT2D eigenvalue weighted by Gasteiger charge is 2.33. The summed E-state index contributed by atoms with van der Waals surface area (Å²) in [6.07, 6.45) is 4.88. The SMILES string of the molecule is COc1ccccc1NC(=O)C1=C(C)Nc2ncnn2[C@@H]1c1cccnc1. The predicted molar refractivity (Wildman–Crippen MR) is 100 cm³/mol. The molecule has 0 saturated carbocycles. The molecule has 1 aliphatic heterocycles. The molecule has 0 saturated heterocycles. The van der Waals surface area contributed by atoms with E-state index in [2.05, 4.69) is 25.7 Å². The fourth-order valence-electron chi connectivity index (χ4n) is 3.17. The number of pyridine rings is 1. The number of nitrogens with zero attached hydrogens (tertiary/aromatic N) is 4. The molecule has 8 nitrogen and oxygen atoms in total. The number of allylic oxidation sites excluding steroid dienone is 1. The molecule has 0 radical (unpaired) electrons. The van der Waals surface area contributed by atoms with Gasteiger partial charge in [0.05, 0.1) is 18.4 Å². The monoisotopic (exact) mass is 362 g/mol. The van der Waals surface area contributed by atoms with Crippen molar-refractivity contribution >= 4 is 17.5 Å². The first kappa shape index (κ1) is 16.8. The molecule has 2 aromatic heterocycles. The maximum atomic E-state index is 13.2. The van der Waals surface area contributed by atoms with Gasteiger partial charge in [-0.2, -0.15) is 10.1 Å². The Balaban J connectivity index is 1.76. The van der Waals surface area contributed by atoms with Crippen molar-refractivity contribution in [3.63, 3.8) is 0 Å². The average Bonchev–Trinajstić information content (AvgIpc) is 3.15. The van der Waals surface area contributed by atoms with Gasteiger partial charge in [0, 0.05) is 18.1 Å². The lowest BCUT2D eigenvalue weighted by atomic mass is 9.96. The zero-order valence-electron chi connectivity index (χ0n) is 14.9. The maximum Gasteiger partial charge on any atom is 0.255 e. The third kappa shape index (κ3) is 3.01. The first-order chi connectivity index (χ1) is 13.2. The number of benzene rings is 1. The lowest BCUT2D eigenvalue weighted by Gasteiger charge is -2.28. The van der Waals surface area contributed by atoms with Gasteiger partial charge < -0.3 is 15.4 Å². The van der Waals surface area contributed by atoms with E-state index in [4.69, 9.17) is 4.74 Å². The Bertz CT molecular complexity index is 1010. The number of methoxy groups -OCH3 is 1. The molecule has 8 heteroatoms. The van der Waals surface area contributed by atoms with E-state index in [0.29, 0.717) is 28.7 Å². The number of fused-ring (bicyclic) bond motifs is 1. The van der Waals surface area contributed by atoms with Crippen molar-refractivity contribution in [1.82, 2.24) is 19.7 Å². The third-order valence-corrected chi connectivity index (χ3v) is 4.39. The minimum Gasteiger partial charge on any atom is -0.495 e. The number of hydrogen-bond acceptors (Lipinski definition) is 6. The minimum atomic E-state index is -0.438. The molecule has 1 atom stereocenters. The number of ether oxygens (including phenoxy) is 1. The van der Waals surface area contributed by atoms with Crippen molar-refractivity contribution in [2.45, 2.75) is 13.0 Å². The summed E-state index contributed by atoms with van der Waals surface area (Å²) in [6.45, 7) is 1.85. The molecule has 27 heavy (non-hydrogen) atoms. The lowest BCUT2D eigenvalue weighted by Crippen LogP contribution is -2.31. The molecule has 1 amide bonds. The number of rotatable bonds is 4. The summed E-state index contributed by atoms with van der Waals surface area (Å²) in [6, 6.07) is 10.6. The van der Waals surface area contributed by atoms with Gasteiger partial charge in [0.15, 0.2) is 0 Å². The van der Waals surface area contributed by atoms with Gasteiger partial charge in [-0.15, -0.1) is 0 Å². The fourth-order valence-corrected chi connectivity index (χ4v) is 3.17. The summed E-state index contributed by atoms with van der Waals surface area (Å²) < 4.78 is 7.01. The summed E-state index contributed by atoms with van der Waals surface area (Å²) in [7, 11) is 1.57. The average molecular weight is 362 g/mol. The molecular formula is C19H18N6O2. The highest BCUT2D eigenvalue weighted by molar-refractivity contribution is 6.06. The Morgan fingerprint density at radius 2 is 2.11 bits per heavy atom. The molecule has 0 fully saturated rings. The zero-order chi connectivity index (χ0) is 18.8. The highest BCUT2D eigenvalue weighted by atomic mass is 16.5. The number of carbonyl (C=O) groups is 1. The summed E-state index contributed by atoms with van der Waals surface area (Å²) in [5, 5.41) is 10.4. The van der Waals surface area contributed by atoms with Crippen LogP contribution in [0.1, 0.15) is 18.5 Å². The van der Waals surface area contributed by atoms with Gasteiger partial charge in [-0.25, -0.2) is 4.68 Å². The Labute approximate surface area is 155 Å². The Morgan fingerprint density at radius 1 is 1.26 bits per heavy atom. The molecule has 0 unspecified atom stereocenters. The Hall–Kier alpha value is -3.68. The van der Waals surface area contributed by atoms with Gasteiger partial charge in [0.25, 0.3) is 5.91 Å². The molecule has 136 valence electrons. The van der Waals surface area contributed by atoms with Gasteiger partial charge in [0.2, 0.25) is 5.95 Å². The summed E-state index contributed by atoms with van der Waals surface area (Å²) in [5.41, 5.74) is 2.68. The van der Waals surface area contributed by atoms with Crippen LogP contribution in [0.4, 0.5) is 11.6 Å². The smallest absolute Gasteiger partial charge is 0.255 e. The van der Waals surface area contributed by atoms with Gasteiger partial charge in [-0.3, -0.25) is 9.78 Å². The van der Waals surface area contributed by atoms with E-state index in [1.165, 1.54) is 6.33 Å². The standard InChI is InChI=1S/C19H18N6O2/c1-12-16(18(26)24-14-7-3-4-8-15(14)27-2)17(13-6-5-9-20-10-13)25-19(23-12)21-11-22-25/h3-11,17H,1-2H3,(H,24,26)(H,21,22,23)/t17-/m1/s1. The molecule has 0 spiro atoms. The summed E-state index contributed by atoms with van der Waals surface area (Å²) >= 11 is 0. The number of amides is 1. The first-order valence-electron chi connectivity index (χ1n) is 8.40. The number of aromatic nitrogens is 4. The molecule has 3 aromatic rings. The minimum absolute atomic E-state index is 0.250. The molecule has 0 bridgehead atoms. The zero-order valence-corrected chi connectivity index (χ0v) is 14.9. The molecule has 3 heterocycles. The van der Waals surface area contributed by atoms with E-state index in [0.717, 1.165) is 5.56 Å². The van der Waals surface area contributed by atoms with Crippen LogP contribution in [-0.4, -0.2) is 32.8 Å². The first-order valence-corrected chi connectivity index (χ1v) is 8.40. The van der Waals surface area contributed by atoms with E-state index in [1.54, 1.807) is 36.3 Å². The van der Waals surface area contributed by atoms with Crippen LogP contribution in [-0.2, 0) is 4.79 Å². The second kappa shape index (κ2) is 6.91. The van der Waals surface area contributed by atoms with Crippen molar-refractivity contribution in [2.24, 2.45) is 0 Å². The number of nitrogens with one attached hydrogen (secondary N) is 2. The van der Waals surface area contributed by atoms with Crippen LogP contribution >= 0.6 is 0 Å². The van der Waals surface area contributed by atoms with E-state index in [1.807, 2.05) is 31.2 Å². The number of carbonyl (C=O) groups excluding carboxylic acids is 1. The van der Waals surface area contributed by atoms with Gasteiger partial charge in [-0.05, 0) is 30.7 Å². The maximum absolute atomic E-state index is 13.2. The van der Waals surface area contributed by atoms with Crippen LogP contribution < -0.4 is 15.4 Å². The quantitative estimate of drug-likeness (QED) is 0.741. The number of anilines is 2. The molecule has 1 aliphatic rings. The molecule has 2 N–H and O–H groups in total. The van der Waals surface area contributed by atoms with Crippen molar-refractivity contribution in [3.8, 4) is 5.75 Å². The van der Waals surface area contributed by atoms with Gasteiger partial charge >= 0.3 is 0 Å². The van der Waals surface area contributed by atoms with Crippen molar-refractivity contribution in [2.75, 3.05) is 17.7 Å². The molecule has 4 rings (SSSR count). The van der Waals surface area contributed by atoms with Crippen LogP contribution in [0.3, 0.4) is 0 Å². The molecule has 1 aromatic carbocycles. The van der Waals surface area contributed by atoms with E-state index >= 15 is 0 Å². The fraction of sp³-hybridized carbons (Fsp3) is 0.158. The van der Waals surface area contributed by atoms with Crippen LogP contribution in [0.25, 0.3) is 0 Å². The summed E-state index contributed by atoms with van der Waals surface area (Å²) in [5.74, 6) is 0.918. The second-order valence-corrected chi connectivity index (χ2v) is 6.04. The molecule has 0 aliphatic carbocycles. The van der Waals surface area contributed by atoms with Crippen LogP contribution in [0.5, 0.6) is 5.75 Å². The molecular weight excluding hydrogens is 344 g/mol. The Morgan fingerprint density at radius 3 is 2.89 bits per heavy atom. The van der Waals surface area contributed by atoms with E-state index in [-0.39, 0.29) is 5.91 Å². The largest absolute Gasteiger partial charge is 0.495 e. The van der Waals surface area contributed by atoms with Crippen LogP contribution in [0, 0.1) is 0 Å². The highest BCUT2D eigenvalue weighted by Crippen LogP contribution is 2.35.